The quantitative estimate of drug-likeness (QED) is 0.568. The molecule has 66 valence electrons. The lowest BCUT2D eigenvalue weighted by Crippen LogP contribution is -2.52. The molecule has 1 aliphatic rings. The Bertz CT molecular complexity index is 210. The van der Waals surface area contributed by atoms with Crippen molar-refractivity contribution in [1.82, 2.24) is 5.32 Å². The molecule has 0 aromatic carbocycles. The lowest BCUT2D eigenvalue weighted by atomic mass is 10.3. The minimum Gasteiger partial charge on any atom is -0.392 e. The molecule has 1 heterocycles. The summed E-state index contributed by atoms with van der Waals surface area (Å²) in [5.41, 5.74) is 0. The van der Waals surface area contributed by atoms with Crippen LogP contribution in [-0.4, -0.2) is 43.7 Å². The largest absolute Gasteiger partial charge is 0.392 e. The van der Waals surface area contributed by atoms with Gasteiger partial charge in [-0.1, -0.05) is 0 Å². The minimum absolute atomic E-state index is 0.0644. The summed E-state index contributed by atoms with van der Waals surface area (Å²) in [7, 11) is -2.72. The van der Waals surface area contributed by atoms with E-state index in [0.29, 0.717) is 6.54 Å². The van der Waals surface area contributed by atoms with Crippen LogP contribution in [0.25, 0.3) is 0 Å². The van der Waals surface area contributed by atoms with E-state index in [2.05, 4.69) is 5.32 Å². The molecule has 1 saturated heterocycles. The Balaban J connectivity index is 2.14. The van der Waals surface area contributed by atoms with Gasteiger partial charge >= 0.3 is 0 Å². The van der Waals surface area contributed by atoms with E-state index in [1.807, 2.05) is 0 Å². The van der Waals surface area contributed by atoms with Crippen LogP contribution in [0.3, 0.4) is 0 Å². The second-order valence-electron chi connectivity index (χ2n) is 3.03. The summed E-state index contributed by atoms with van der Waals surface area (Å²) in [6.07, 6.45) is -0.404. The zero-order chi connectivity index (χ0) is 8.48. The fraction of sp³-hybridized carbons (Fsp3) is 1.00. The number of aliphatic hydroxyl groups excluding tert-OH is 1. The smallest absolute Gasteiger partial charge is 0.153 e. The van der Waals surface area contributed by atoms with Crippen molar-refractivity contribution in [2.75, 3.05) is 18.1 Å². The maximum Gasteiger partial charge on any atom is 0.153 e. The van der Waals surface area contributed by atoms with Gasteiger partial charge in [-0.15, -0.1) is 0 Å². The molecule has 4 nitrogen and oxygen atoms in total. The molecular formula is C6H13NO3S. The fourth-order valence-electron chi connectivity index (χ4n) is 1.02. The standard InChI is InChI=1S/C6H13NO3S/c1-5(8)2-7-6-3-11(9,10)4-6/h5-8H,2-4H2,1H3. The van der Waals surface area contributed by atoms with E-state index in [0.717, 1.165) is 0 Å². The highest BCUT2D eigenvalue weighted by atomic mass is 32.2. The van der Waals surface area contributed by atoms with E-state index in [9.17, 15) is 8.42 Å². The van der Waals surface area contributed by atoms with E-state index >= 15 is 0 Å². The van der Waals surface area contributed by atoms with Gasteiger partial charge in [0.2, 0.25) is 0 Å². The van der Waals surface area contributed by atoms with E-state index in [1.165, 1.54) is 0 Å². The maximum atomic E-state index is 10.6. The molecule has 0 aromatic heterocycles. The molecule has 1 fully saturated rings. The van der Waals surface area contributed by atoms with Crippen LogP contribution < -0.4 is 5.32 Å². The van der Waals surface area contributed by atoms with Gasteiger partial charge in [-0.05, 0) is 6.92 Å². The molecule has 0 bridgehead atoms. The number of hydrogen-bond acceptors (Lipinski definition) is 4. The van der Waals surface area contributed by atoms with Crippen molar-refractivity contribution in [2.45, 2.75) is 19.1 Å². The number of hydrogen-bond donors (Lipinski definition) is 2. The highest BCUT2D eigenvalue weighted by Gasteiger charge is 2.32. The van der Waals surface area contributed by atoms with Gasteiger partial charge in [0.05, 0.1) is 17.6 Å². The van der Waals surface area contributed by atoms with Gasteiger partial charge < -0.3 is 10.4 Å². The number of rotatable bonds is 3. The number of sulfone groups is 1. The van der Waals surface area contributed by atoms with Crippen LogP contribution in [-0.2, 0) is 9.84 Å². The Labute approximate surface area is 66.5 Å². The molecule has 1 aliphatic heterocycles. The van der Waals surface area contributed by atoms with E-state index in [1.54, 1.807) is 6.92 Å². The lowest BCUT2D eigenvalue weighted by molar-refractivity contribution is 0.187. The average Bonchev–Trinajstić information content (AvgIpc) is 1.78. The summed E-state index contributed by atoms with van der Waals surface area (Å²) < 4.78 is 21.3. The topological polar surface area (TPSA) is 66.4 Å². The zero-order valence-electron chi connectivity index (χ0n) is 6.45. The summed E-state index contributed by atoms with van der Waals surface area (Å²) in [5, 5.41) is 11.8. The van der Waals surface area contributed by atoms with Crippen LogP contribution in [0.4, 0.5) is 0 Å². The van der Waals surface area contributed by atoms with Crippen LogP contribution in [0.5, 0.6) is 0 Å². The summed E-state index contributed by atoms with van der Waals surface area (Å²) in [5.74, 6) is 0.444. The third kappa shape index (κ3) is 2.76. The van der Waals surface area contributed by atoms with Crippen molar-refractivity contribution in [2.24, 2.45) is 0 Å². The molecule has 1 unspecified atom stereocenters. The van der Waals surface area contributed by atoms with Crippen molar-refractivity contribution < 1.29 is 13.5 Å². The zero-order valence-corrected chi connectivity index (χ0v) is 7.26. The predicted octanol–water partition coefficient (Wildman–Crippen LogP) is -1.25. The molecule has 0 aromatic rings. The predicted molar refractivity (Wildman–Crippen MR) is 42.1 cm³/mol. The summed E-state index contributed by atoms with van der Waals surface area (Å²) in [6.45, 7) is 2.14. The Morgan fingerprint density at radius 1 is 1.64 bits per heavy atom. The van der Waals surface area contributed by atoms with E-state index in [4.69, 9.17) is 5.11 Å². The third-order valence-corrected chi connectivity index (χ3v) is 3.43. The first-order valence-electron chi connectivity index (χ1n) is 3.61. The molecule has 0 spiro atoms. The van der Waals surface area contributed by atoms with Gasteiger partial charge in [0, 0.05) is 12.6 Å². The molecule has 2 N–H and O–H groups in total. The fourth-order valence-corrected chi connectivity index (χ4v) is 2.38. The summed E-state index contributed by atoms with van der Waals surface area (Å²) in [4.78, 5) is 0. The highest BCUT2D eigenvalue weighted by Crippen LogP contribution is 2.09. The minimum atomic E-state index is -2.72. The van der Waals surface area contributed by atoms with Crippen molar-refractivity contribution in [3.8, 4) is 0 Å². The SMILES string of the molecule is CC(O)CNC1CS(=O)(=O)C1. The third-order valence-electron chi connectivity index (χ3n) is 1.61. The van der Waals surface area contributed by atoms with Crippen LogP contribution >= 0.6 is 0 Å². The van der Waals surface area contributed by atoms with Crippen LogP contribution in [0.1, 0.15) is 6.92 Å². The maximum absolute atomic E-state index is 10.6. The van der Waals surface area contributed by atoms with E-state index in [-0.39, 0.29) is 17.5 Å². The Hall–Kier alpha value is -0.130. The summed E-state index contributed by atoms with van der Waals surface area (Å²) >= 11 is 0. The molecule has 0 saturated carbocycles. The lowest BCUT2D eigenvalue weighted by Gasteiger charge is -2.27. The highest BCUT2D eigenvalue weighted by molar-refractivity contribution is 7.92. The Morgan fingerprint density at radius 2 is 2.18 bits per heavy atom. The number of aliphatic hydroxyl groups is 1. The first kappa shape index (κ1) is 8.96. The molecule has 0 aliphatic carbocycles. The van der Waals surface area contributed by atoms with Crippen LogP contribution in [0.2, 0.25) is 0 Å². The molecule has 5 heteroatoms. The van der Waals surface area contributed by atoms with Gasteiger partial charge in [-0.25, -0.2) is 8.42 Å². The molecule has 0 radical (unpaired) electrons. The van der Waals surface area contributed by atoms with Gasteiger partial charge in [-0.3, -0.25) is 0 Å². The van der Waals surface area contributed by atoms with Crippen molar-refractivity contribution in [3.63, 3.8) is 0 Å². The molecular weight excluding hydrogens is 166 g/mol. The first-order chi connectivity index (χ1) is 4.99. The van der Waals surface area contributed by atoms with Crippen LogP contribution in [0.15, 0.2) is 0 Å². The average molecular weight is 179 g/mol. The monoisotopic (exact) mass is 179 g/mol. The van der Waals surface area contributed by atoms with Gasteiger partial charge in [0.15, 0.2) is 9.84 Å². The van der Waals surface area contributed by atoms with Gasteiger partial charge in [0.1, 0.15) is 0 Å². The van der Waals surface area contributed by atoms with E-state index < -0.39 is 15.9 Å². The summed E-state index contributed by atoms with van der Waals surface area (Å²) in [6, 6.07) is 0.0644. The Morgan fingerprint density at radius 3 is 2.55 bits per heavy atom. The normalized spacial score (nSPS) is 26.0. The molecule has 0 amide bonds. The molecule has 1 rings (SSSR count). The molecule has 1 atom stereocenters. The second-order valence-corrected chi connectivity index (χ2v) is 5.18. The first-order valence-corrected chi connectivity index (χ1v) is 5.43. The second kappa shape index (κ2) is 3.08. The Kier molecular flexibility index (Phi) is 2.51. The molecule has 11 heavy (non-hydrogen) atoms. The van der Waals surface area contributed by atoms with Crippen LogP contribution in [0, 0.1) is 0 Å². The van der Waals surface area contributed by atoms with Gasteiger partial charge in [-0.2, -0.15) is 0 Å². The van der Waals surface area contributed by atoms with Gasteiger partial charge in [0.25, 0.3) is 0 Å². The van der Waals surface area contributed by atoms with Crippen molar-refractivity contribution in [3.05, 3.63) is 0 Å². The van der Waals surface area contributed by atoms with Crippen molar-refractivity contribution in [1.29, 1.82) is 0 Å². The number of nitrogens with one attached hydrogen (secondary N) is 1. The van der Waals surface area contributed by atoms with Crippen molar-refractivity contribution >= 4 is 9.84 Å².